The van der Waals surface area contributed by atoms with Gasteiger partial charge in [-0.2, -0.15) is 0 Å². The van der Waals surface area contributed by atoms with Crippen LogP contribution in [0.5, 0.6) is 0 Å². The summed E-state index contributed by atoms with van der Waals surface area (Å²) in [7, 11) is 1.30. The fourth-order valence-corrected chi connectivity index (χ4v) is 1.83. The molecule has 0 aliphatic carbocycles. The first-order valence-electron chi connectivity index (χ1n) is 5.46. The Morgan fingerprint density at radius 3 is 2.61 bits per heavy atom. The van der Waals surface area contributed by atoms with E-state index in [9.17, 15) is 9.59 Å². The summed E-state index contributed by atoms with van der Waals surface area (Å²) < 4.78 is 5.10. The Labute approximate surface area is 114 Å². The predicted octanol–water partition coefficient (Wildman–Crippen LogP) is 1.77. The van der Waals surface area contributed by atoms with Crippen molar-refractivity contribution in [3.05, 3.63) is 28.5 Å². The highest BCUT2D eigenvalue weighted by atomic mass is 79.9. The van der Waals surface area contributed by atoms with E-state index in [1.807, 2.05) is 13.8 Å². The molecule has 0 bridgehead atoms. The summed E-state index contributed by atoms with van der Waals surface area (Å²) in [5.41, 5.74) is 0.382. The number of rotatable bonds is 4. The monoisotopic (exact) mass is 314 g/mol. The number of ether oxygens (including phenoxy) is 1. The largest absolute Gasteiger partial charge is 0.467 e. The van der Waals surface area contributed by atoms with E-state index in [1.165, 1.54) is 7.11 Å². The Hall–Kier alpha value is -1.43. The number of pyridine rings is 1. The first-order valence-corrected chi connectivity index (χ1v) is 6.26. The smallest absolute Gasteiger partial charge is 0.328 e. The average molecular weight is 315 g/mol. The molecule has 1 atom stereocenters. The van der Waals surface area contributed by atoms with E-state index in [-0.39, 0.29) is 11.8 Å². The second-order valence-electron chi connectivity index (χ2n) is 4.06. The number of nitrogens with one attached hydrogen (secondary N) is 1. The van der Waals surface area contributed by atoms with Crippen LogP contribution in [0.15, 0.2) is 22.9 Å². The van der Waals surface area contributed by atoms with Crippen LogP contribution in [0.4, 0.5) is 0 Å². The summed E-state index contributed by atoms with van der Waals surface area (Å²) in [6, 6.07) is 2.61. The lowest BCUT2D eigenvalue weighted by Crippen LogP contribution is -2.45. The standard InChI is InChI=1S/C12H15BrN2O3/c1-7(2)9(12(17)18-3)15-11(16)8-5-4-6-14-10(8)13/h4-7,9H,1-3H3,(H,15,16)/t9-/m0/s1. The molecule has 1 N–H and O–H groups in total. The first-order chi connectivity index (χ1) is 8.47. The highest BCUT2D eigenvalue weighted by Crippen LogP contribution is 2.13. The van der Waals surface area contributed by atoms with Gasteiger partial charge in [0.05, 0.1) is 12.7 Å². The van der Waals surface area contributed by atoms with E-state index >= 15 is 0 Å². The molecule has 1 amide bonds. The summed E-state index contributed by atoms with van der Waals surface area (Å²) in [5, 5.41) is 2.64. The Balaban J connectivity index is 2.86. The van der Waals surface area contributed by atoms with Crippen LogP contribution in [0.25, 0.3) is 0 Å². The molecule has 5 nitrogen and oxygen atoms in total. The first kappa shape index (κ1) is 14.6. The third kappa shape index (κ3) is 3.53. The van der Waals surface area contributed by atoms with E-state index in [2.05, 4.69) is 31.0 Å². The molecule has 0 saturated heterocycles. The number of carbonyl (C=O) groups is 2. The van der Waals surface area contributed by atoms with Crippen molar-refractivity contribution >= 4 is 27.8 Å². The molecule has 0 aromatic carbocycles. The van der Waals surface area contributed by atoms with Gasteiger partial charge in [0.2, 0.25) is 0 Å². The lowest BCUT2D eigenvalue weighted by molar-refractivity contribution is -0.144. The number of hydrogen-bond acceptors (Lipinski definition) is 4. The van der Waals surface area contributed by atoms with E-state index in [0.717, 1.165) is 0 Å². The SMILES string of the molecule is COC(=O)[C@@H](NC(=O)c1cccnc1Br)C(C)C. The zero-order chi connectivity index (χ0) is 13.7. The number of carbonyl (C=O) groups excluding carboxylic acids is 2. The van der Waals surface area contributed by atoms with Crippen molar-refractivity contribution in [1.29, 1.82) is 0 Å². The van der Waals surface area contributed by atoms with Crippen molar-refractivity contribution in [3.8, 4) is 0 Å². The van der Waals surface area contributed by atoms with Gasteiger partial charge in [0, 0.05) is 6.20 Å². The van der Waals surface area contributed by atoms with Crippen molar-refractivity contribution < 1.29 is 14.3 Å². The molecule has 0 aliphatic heterocycles. The minimum Gasteiger partial charge on any atom is -0.467 e. The van der Waals surface area contributed by atoms with Gasteiger partial charge in [-0.05, 0) is 34.0 Å². The van der Waals surface area contributed by atoms with Gasteiger partial charge >= 0.3 is 5.97 Å². The fraction of sp³-hybridized carbons (Fsp3) is 0.417. The summed E-state index contributed by atoms with van der Waals surface area (Å²) in [5.74, 6) is -0.880. The maximum absolute atomic E-state index is 12.0. The van der Waals surface area contributed by atoms with Crippen molar-refractivity contribution in [2.45, 2.75) is 19.9 Å². The van der Waals surface area contributed by atoms with E-state index in [4.69, 9.17) is 0 Å². The fourth-order valence-electron chi connectivity index (χ4n) is 1.40. The molecule has 18 heavy (non-hydrogen) atoms. The quantitative estimate of drug-likeness (QED) is 0.679. The molecule has 1 aromatic heterocycles. The van der Waals surface area contributed by atoms with Crippen LogP contribution in [-0.4, -0.2) is 30.0 Å². The maximum atomic E-state index is 12.0. The summed E-state index contributed by atoms with van der Waals surface area (Å²) in [6.07, 6.45) is 1.57. The second kappa shape index (κ2) is 6.49. The Morgan fingerprint density at radius 1 is 1.44 bits per heavy atom. The van der Waals surface area contributed by atoms with Crippen molar-refractivity contribution in [3.63, 3.8) is 0 Å². The molecule has 98 valence electrons. The van der Waals surface area contributed by atoms with Gasteiger partial charge in [-0.25, -0.2) is 9.78 Å². The van der Waals surface area contributed by atoms with Crippen molar-refractivity contribution in [2.75, 3.05) is 7.11 Å². The van der Waals surface area contributed by atoms with Crippen molar-refractivity contribution in [2.24, 2.45) is 5.92 Å². The highest BCUT2D eigenvalue weighted by molar-refractivity contribution is 9.10. The van der Waals surface area contributed by atoms with Gasteiger partial charge in [0.25, 0.3) is 5.91 Å². The molecule has 1 rings (SSSR count). The molecule has 0 fully saturated rings. The zero-order valence-corrected chi connectivity index (χ0v) is 12.0. The van der Waals surface area contributed by atoms with E-state index in [1.54, 1.807) is 18.3 Å². The van der Waals surface area contributed by atoms with E-state index in [0.29, 0.717) is 10.2 Å². The summed E-state index contributed by atoms with van der Waals surface area (Å²) >= 11 is 3.19. The van der Waals surface area contributed by atoms with Gasteiger partial charge < -0.3 is 10.1 Å². The van der Waals surface area contributed by atoms with Gasteiger partial charge in [0.1, 0.15) is 10.6 Å². The number of amides is 1. The molecule has 1 heterocycles. The molecular formula is C12H15BrN2O3. The second-order valence-corrected chi connectivity index (χ2v) is 4.81. The van der Waals surface area contributed by atoms with Gasteiger partial charge in [-0.15, -0.1) is 0 Å². The molecule has 0 unspecified atom stereocenters. The van der Waals surface area contributed by atoms with Crippen LogP contribution < -0.4 is 5.32 Å². The predicted molar refractivity (Wildman–Crippen MR) is 70.0 cm³/mol. The van der Waals surface area contributed by atoms with Crippen LogP contribution in [0, 0.1) is 5.92 Å². The lowest BCUT2D eigenvalue weighted by Gasteiger charge is -2.19. The highest BCUT2D eigenvalue weighted by Gasteiger charge is 2.26. The zero-order valence-electron chi connectivity index (χ0n) is 10.4. The van der Waals surface area contributed by atoms with Crippen LogP contribution in [0.3, 0.4) is 0 Å². The Bertz CT molecular complexity index is 449. The molecule has 0 radical (unpaired) electrons. The molecule has 0 saturated carbocycles. The topological polar surface area (TPSA) is 68.3 Å². The summed E-state index contributed by atoms with van der Waals surface area (Å²) in [6.45, 7) is 3.67. The molecule has 6 heteroatoms. The van der Waals surface area contributed by atoms with Gasteiger partial charge in [0.15, 0.2) is 0 Å². The average Bonchev–Trinajstić information content (AvgIpc) is 2.35. The maximum Gasteiger partial charge on any atom is 0.328 e. The third-order valence-electron chi connectivity index (χ3n) is 2.41. The van der Waals surface area contributed by atoms with E-state index < -0.39 is 12.0 Å². The molecule has 1 aromatic rings. The van der Waals surface area contributed by atoms with Crippen LogP contribution in [-0.2, 0) is 9.53 Å². The number of methoxy groups -OCH3 is 1. The van der Waals surface area contributed by atoms with Crippen LogP contribution in [0.1, 0.15) is 24.2 Å². The Kier molecular flexibility index (Phi) is 5.27. The number of aromatic nitrogens is 1. The van der Waals surface area contributed by atoms with Crippen molar-refractivity contribution in [1.82, 2.24) is 10.3 Å². The molecule has 0 aliphatic rings. The normalized spacial score (nSPS) is 12.1. The Morgan fingerprint density at radius 2 is 2.11 bits per heavy atom. The van der Waals surface area contributed by atoms with Gasteiger partial charge in [-0.3, -0.25) is 4.79 Å². The van der Waals surface area contributed by atoms with Crippen LogP contribution >= 0.6 is 15.9 Å². The third-order valence-corrected chi connectivity index (χ3v) is 3.04. The summed E-state index contributed by atoms with van der Waals surface area (Å²) in [4.78, 5) is 27.5. The minimum absolute atomic E-state index is 0.0585. The molecular weight excluding hydrogens is 300 g/mol. The van der Waals surface area contributed by atoms with Gasteiger partial charge in [-0.1, -0.05) is 13.8 Å². The number of halogens is 1. The number of hydrogen-bond donors (Lipinski definition) is 1. The number of esters is 1. The van der Waals surface area contributed by atoms with Crippen LogP contribution in [0.2, 0.25) is 0 Å². The number of nitrogens with zero attached hydrogens (tertiary/aromatic N) is 1. The molecule has 0 spiro atoms. The minimum atomic E-state index is -0.672. The lowest BCUT2D eigenvalue weighted by atomic mass is 10.0.